The first-order valence-electron chi connectivity index (χ1n) is 7.94. The van der Waals surface area contributed by atoms with Gasteiger partial charge in [-0.2, -0.15) is 0 Å². The van der Waals surface area contributed by atoms with E-state index >= 15 is 0 Å². The third kappa shape index (κ3) is 2.90. The van der Waals surface area contributed by atoms with Crippen LogP contribution in [0.2, 0.25) is 0 Å². The van der Waals surface area contributed by atoms with Crippen molar-refractivity contribution in [3.8, 4) is 0 Å². The van der Waals surface area contributed by atoms with Gasteiger partial charge in [0.05, 0.1) is 21.3 Å². The van der Waals surface area contributed by atoms with Crippen LogP contribution in [0.3, 0.4) is 0 Å². The maximum atomic E-state index is 12.8. The van der Waals surface area contributed by atoms with E-state index in [1.807, 2.05) is 25.1 Å². The number of Topliss-reactive ketones (excluding diaryl/α,β-unsaturated/α-hetero) is 1. The van der Waals surface area contributed by atoms with Crippen molar-refractivity contribution in [1.82, 2.24) is 14.1 Å². The first-order chi connectivity index (χ1) is 12.2. The van der Waals surface area contributed by atoms with E-state index in [4.69, 9.17) is 5.73 Å². The first-order valence-corrected chi connectivity index (χ1v) is 8.75. The van der Waals surface area contributed by atoms with E-state index in [9.17, 15) is 14.4 Å². The fraction of sp³-hybridized carbons (Fsp3) is 0.294. The lowest BCUT2D eigenvalue weighted by Gasteiger charge is -2.16. The van der Waals surface area contributed by atoms with Gasteiger partial charge < -0.3 is 11.1 Å². The Bertz CT molecular complexity index is 1140. The molecule has 0 saturated heterocycles. The highest BCUT2D eigenvalue weighted by Crippen LogP contribution is 2.25. The molecule has 0 aliphatic heterocycles. The van der Waals surface area contributed by atoms with Gasteiger partial charge in [0.1, 0.15) is 11.4 Å². The average Bonchev–Trinajstić information content (AvgIpc) is 2.97. The third-order valence-electron chi connectivity index (χ3n) is 4.23. The van der Waals surface area contributed by atoms with Gasteiger partial charge in [-0.1, -0.05) is 0 Å². The number of nitrogens with two attached hydrogens (primary N) is 1. The van der Waals surface area contributed by atoms with Crippen molar-refractivity contribution in [3.63, 3.8) is 0 Å². The number of aryl methyl sites for hydroxylation is 1. The Morgan fingerprint density at radius 1 is 1.27 bits per heavy atom. The third-order valence-corrected chi connectivity index (χ3v) is 5.16. The quantitative estimate of drug-likeness (QED) is 0.666. The number of thiazole rings is 1. The van der Waals surface area contributed by atoms with Gasteiger partial charge in [0.25, 0.3) is 5.56 Å². The van der Waals surface area contributed by atoms with Gasteiger partial charge in [0.2, 0.25) is 0 Å². The Morgan fingerprint density at radius 3 is 2.65 bits per heavy atom. The molecule has 0 radical (unpaired) electrons. The van der Waals surface area contributed by atoms with E-state index in [0.29, 0.717) is 0 Å². The van der Waals surface area contributed by atoms with Crippen molar-refractivity contribution in [2.24, 2.45) is 14.1 Å². The number of rotatable bonds is 4. The van der Waals surface area contributed by atoms with E-state index < -0.39 is 23.1 Å². The minimum Gasteiger partial charge on any atom is -0.384 e. The number of nitrogen functional groups attached to an aromatic ring is 1. The molecule has 3 rings (SSSR count). The van der Waals surface area contributed by atoms with E-state index in [1.54, 1.807) is 18.3 Å². The molecular formula is C17H19N5O3S. The Hall–Kier alpha value is -2.94. The molecule has 2 aromatic heterocycles. The zero-order chi connectivity index (χ0) is 19.2. The molecule has 0 saturated carbocycles. The molecule has 3 aromatic rings. The number of benzene rings is 1. The summed E-state index contributed by atoms with van der Waals surface area (Å²) in [6, 6.07) is 4.91. The molecular weight excluding hydrogens is 354 g/mol. The summed E-state index contributed by atoms with van der Waals surface area (Å²) in [5.74, 6) is -0.607. The highest BCUT2D eigenvalue weighted by molar-refractivity contribution is 7.18. The van der Waals surface area contributed by atoms with Crippen LogP contribution < -0.4 is 22.3 Å². The van der Waals surface area contributed by atoms with Crippen LogP contribution in [0.25, 0.3) is 10.2 Å². The number of nitrogens with zero attached hydrogens (tertiary/aromatic N) is 3. The molecule has 3 N–H and O–H groups in total. The lowest BCUT2D eigenvalue weighted by molar-refractivity contribution is 0.0973. The van der Waals surface area contributed by atoms with Gasteiger partial charge in [-0.3, -0.25) is 18.7 Å². The predicted molar refractivity (Wildman–Crippen MR) is 103 cm³/mol. The number of hydrogen-bond donors (Lipinski definition) is 2. The summed E-state index contributed by atoms with van der Waals surface area (Å²) < 4.78 is 2.97. The maximum Gasteiger partial charge on any atom is 0.332 e. The lowest BCUT2D eigenvalue weighted by atomic mass is 10.1. The summed E-state index contributed by atoms with van der Waals surface area (Å²) in [6.07, 6.45) is 0. The standard InChI is InChI=1S/C17H19N5O3S/c1-8(19-10-5-6-11-12(7-10)26-9(2)20-11)14(23)13-15(18)21(3)17(25)22(4)16(13)24/h5-8,19H,18H2,1-4H3/t8-/m1/s1. The Balaban J connectivity index is 1.95. The molecule has 0 aliphatic rings. The zero-order valence-corrected chi connectivity index (χ0v) is 15.7. The van der Waals surface area contributed by atoms with Crippen LogP contribution in [0.5, 0.6) is 0 Å². The molecule has 9 heteroatoms. The van der Waals surface area contributed by atoms with Crippen LogP contribution in [0.1, 0.15) is 22.3 Å². The summed E-state index contributed by atoms with van der Waals surface area (Å²) in [6.45, 7) is 3.58. The number of carbonyl (C=O) groups is 1. The molecule has 0 aliphatic carbocycles. The molecule has 26 heavy (non-hydrogen) atoms. The largest absolute Gasteiger partial charge is 0.384 e. The molecule has 0 unspecified atom stereocenters. The monoisotopic (exact) mass is 373 g/mol. The highest BCUT2D eigenvalue weighted by atomic mass is 32.1. The number of anilines is 2. The van der Waals surface area contributed by atoms with E-state index in [1.165, 1.54) is 14.1 Å². The minimum absolute atomic E-state index is 0.134. The summed E-state index contributed by atoms with van der Waals surface area (Å²) in [4.78, 5) is 41.4. The smallest absolute Gasteiger partial charge is 0.332 e. The number of ketones is 1. The molecule has 136 valence electrons. The van der Waals surface area contributed by atoms with Gasteiger partial charge in [-0.05, 0) is 32.0 Å². The molecule has 0 spiro atoms. The number of nitrogens with one attached hydrogen (secondary N) is 1. The highest BCUT2D eigenvalue weighted by Gasteiger charge is 2.24. The van der Waals surface area contributed by atoms with Crippen LogP contribution in [0.15, 0.2) is 27.8 Å². The van der Waals surface area contributed by atoms with Crippen molar-refractivity contribution in [2.75, 3.05) is 11.1 Å². The van der Waals surface area contributed by atoms with Crippen LogP contribution in [-0.4, -0.2) is 25.9 Å². The fourth-order valence-electron chi connectivity index (χ4n) is 2.75. The molecule has 0 amide bonds. The summed E-state index contributed by atoms with van der Waals surface area (Å²) in [7, 11) is 2.74. The molecule has 2 heterocycles. The minimum atomic E-state index is -0.700. The molecule has 0 bridgehead atoms. The van der Waals surface area contributed by atoms with Crippen LogP contribution in [0, 0.1) is 6.92 Å². The Labute approximate surface area is 152 Å². The van der Waals surface area contributed by atoms with E-state index in [2.05, 4.69) is 10.3 Å². The molecule has 0 fully saturated rings. The second-order valence-corrected chi connectivity index (χ2v) is 7.35. The van der Waals surface area contributed by atoms with Crippen molar-refractivity contribution >= 4 is 38.8 Å². The van der Waals surface area contributed by atoms with Gasteiger partial charge in [-0.25, -0.2) is 9.78 Å². The van der Waals surface area contributed by atoms with Crippen molar-refractivity contribution in [3.05, 3.63) is 49.6 Å². The first kappa shape index (κ1) is 17.9. The van der Waals surface area contributed by atoms with Crippen molar-refractivity contribution < 1.29 is 4.79 Å². The van der Waals surface area contributed by atoms with Crippen LogP contribution in [0.4, 0.5) is 11.5 Å². The number of carbonyl (C=O) groups excluding carboxylic acids is 1. The second-order valence-electron chi connectivity index (χ2n) is 6.11. The summed E-state index contributed by atoms with van der Waals surface area (Å²) in [5.41, 5.74) is 6.03. The van der Waals surface area contributed by atoms with Crippen molar-refractivity contribution in [1.29, 1.82) is 0 Å². The molecule has 1 aromatic carbocycles. The average molecular weight is 373 g/mol. The lowest BCUT2D eigenvalue weighted by Crippen LogP contribution is -2.43. The zero-order valence-electron chi connectivity index (χ0n) is 14.9. The predicted octanol–water partition coefficient (Wildman–Crippen LogP) is 1.27. The summed E-state index contributed by atoms with van der Waals surface area (Å²) >= 11 is 1.56. The molecule has 8 nitrogen and oxygen atoms in total. The Kier molecular flexibility index (Phi) is 4.41. The van der Waals surface area contributed by atoms with E-state index in [-0.39, 0.29) is 11.4 Å². The van der Waals surface area contributed by atoms with Crippen LogP contribution in [-0.2, 0) is 14.1 Å². The van der Waals surface area contributed by atoms with Gasteiger partial charge in [0.15, 0.2) is 5.78 Å². The van der Waals surface area contributed by atoms with Crippen LogP contribution >= 0.6 is 11.3 Å². The number of hydrogen-bond acceptors (Lipinski definition) is 7. The normalized spacial score (nSPS) is 12.3. The topological polar surface area (TPSA) is 112 Å². The maximum absolute atomic E-state index is 12.8. The Morgan fingerprint density at radius 2 is 1.96 bits per heavy atom. The van der Waals surface area contributed by atoms with E-state index in [0.717, 1.165) is 30.0 Å². The number of aromatic nitrogens is 3. The van der Waals surface area contributed by atoms with Gasteiger partial charge in [0, 0.05) is 19.8 Å². The SMILES string of the molecule is Cc1nc2ccc(N[C@H](C)C(=O)c3c(N)n(C)c(=O)n(C)c3=O)cc2s1. The van der Waals surface area contributed by atoms with Gasteiger partial charge in [-0.15, -0.1) is 11.3 Å². The number of fused-ring (bicyclic) bond motifs is 1. The summed E-state index contributed by atoms with van der Waals surface area (Å²) in [5, 5.41) is 4.05. The second kappa shape index (κ2) is 6.41. The fourth-order valence-corrected chi connectivity index (χ4v) is 3.62. The molecule has 1 atom stereocenters. The van der Waals surface area contributed by atoms with Gasteiger partial charge >= 0.3 is 5.69 Å². The van der Waals surface area contributed by atoms with Crippen molar-refractivity contribution in [2.45, 2.75) is 19.9 Å².